The van der Waals surface area contributed by atoms with Crippen molar-refractivity contribution in [2.45, 2.75) is 24.6 Å². The first-order valence-electron chi connectivity index (χ1n) is 6.49. The van der Waals surface area contributed by atoms with Crippen molar-refractivity contribution in [2.75, 3.05) is 13.1 Å². The van der Waals surface area contributed by atoms with E-state index in [1.165, 1.54) is 6.07 Å². The summed E-state index contributed by atoms with van der Waals surface area (Å²) >= 11 is 0. The van der Waals surface area contributed by atoms with Crippen molar-refractivity contribution in [1.82, 2.24) is 9.88 Å². The molecule has 0 saturated carbocycles. The Bertz CT molecular complexity index is 606. The van der Waals surface area contributed by atoms with Gasteiger partial charge in [0.25, 0.3) is 11.8 Å². The minimum absolute atomic E-state index is 0.0608. The molecule has 1 aliphatic heterocycles. The predicted octanol–water partition coefficient (Wildman–Crippen LogP) is 0.553. The summed E-state index contributed by atoms with van der Waals surface area (Å²) in [5.41, 5.74) is 1.24. The maximum absolute atomic E-state index is 12.9. The van der Waals surface area contributed by atoms with Crippen molar-refractivity contribution in [2.24, 2.45) is 5.73 Å². The largest absolute Gasteiger partial charge is 0.434 e. The van der Waals surface area contributed by atoms with Gasteiger partial charge in [0.15, 0.2) is 11.3 Å². The molecule has 2 amide bonds. The van der Waals surface area contributed by atoms with Crippen molar-refractivity contribution < 1.29 is 27.9 Å². The Balaban J connectivity index is 2.31. The van der Waals surface area contributed by atoms with Crippen LogP contribution in [0.4, 0.5) is 13.2 Å². The second kappa shape index (κ2) is 5.56. The summed E-state index contributed by atoms with van der Waals surface area (Å²) in [4.78, 5) is 27.7. The average Bonchev–Trinajstić information content (AvgIpc) is 2.45. The number of alkyl halides is 3. The van der Waals surface area contributed by atoms with Crippen LogP contribution in [0.25, 0.3) is 0 Å². The molecule has 0 bridgehead atoms. The van der Waals surface area contributed by atoms with Gasteiger partial charge in [0.2, 0.25) is 0 Å². The zero-order valence-corrected chi connectivity index (χ0v) is 11.4. The molecule has 1 atom stereocenters. The van der Waals surface area contributed by atoms with Crippen molar-refractivity contribution in [3.8, 4) is 0 Å². The van der Waals surface area contributed by atoms with Gasteiger partial charge < -0.3 is 15.7 Å². The van der Waals surface area contributed by atoms with Crippen LogP contribution in [0, 0.1) is 0 Å². The number of hydrogen-bond donors (Lipinski definition) is 2. The molecule has 3 N–H and O–H groups in total. The Morgan fingerprint density at radius 3 is 2.68 bits per heavy atom. The number of nitrogens with two attached hydrogens (primary N) is 1. The van der Waals surface area contributed by atoms with Gasteiger partial charge in [0.1, 0.15) is 0 Å². The molecule has 1 aromatic heterocycles. The van der Waals surface area contributed by atoms with Crippen LogP contribution in [0.15, 0.2) is 18.3 Å². The van der Waals surface area contributed by atoms with E-state index >= 15 is 0 Å². The summed E-state index contributed by atoms with van der Waals surface area (Å²) in [7, 11) is 0. The number of rotatable bonds is 2. The van der Waals surface area contributed by atoms with Crippen LogP contribution in [0.5, 0.6) is 0 Å². The summed E-state index contributed by atoms with van der Waals surface area (Å²) in [5, 5.41) is 10.0. The lowest BCUT2D eigenvalue weighted by Crippen LogP contribution is -2.57. The summed E-state index contributed by atoms with van der Waals surface area (Å²) in [6, 6.07) is 2.22. The Kier molecular flexibility index (Phi) is 4.10. The molecule has 1 fully saturated rings. The number of carbonyl (C=O) groups excluding carboxylic acids is 2. The second-order valence-corrected chi connectivity index (χ2v) is 5.12. The fourth-order valence-corrected chi connectivity index (χ4v) is 2.38. The predicted molar refractivity (Wildman–Crippen MR) is 68.5 cm³/mol. The van der Waals surface area contributed by atoms with Crippen molar-refractivity contribution in [3.63, 3.8) is 0 Å². The molecule has 0 radical (unpaired) electrons. The topological polar surface area (TPSA) is 96.5 Å². The normalized spacial score (nSPS) is 22.5. The number of β-amino-alcohol motifs (C(OH)–C–C–N with tert-alkyl or cyclic N) is 1. The van der Waals surface area contributed by atoms with E-state index in [9.17, 15) is 27.9 Å². The number of likely N-dealkylation sites (tertiary alicyclic amines) is 1. The van der Waals surface area contributed by atoms with Crippen LogP contribution < -0.4 is 5.73 Å². The van der Waals surface area contributed by atoms with E-state index in [4.69, 9.17) is 5.73 Å². The standard InChI is InChI=1S/C13H14F3N3O3/c14-13(15,16)9-8(3-1-5-18-9)10(20)19-6-2-4-12(22,7-19)11(17)21/h1,3,5,22H,2,4,6-7H2,(H2,17,21). The van der Waals surface area contributed by atoms with Crippen molar-refractivity contribution in [3.05, 3.63) is 29.6 Å². The lowest BCUT2D eigenvalue weighted by atomic mass is 9.91. The fourth-order valence-electron chi connectivity index (χ4n) is 2.38. The molecule has 22 heavy (non-hydrogen) atoms. The number of piperidine rings is 1. The molecule has 9 heteroatoms. The van der Waals surface area contributed by atoms with Gasteiger partial charge in [-0.25, -0.2) is 0 Å². The third-order valence-corrected chi connectivity index (χ3v) is 3.52. The van der Waals surface area contributed by atoms with Gasteiger partial charge in [0.05, 0.1) is 12.1 Å². The van der Waals surface area contributed by atoms with Crippen LogP contribution in [-0.2, 0) is 11.0 Å². The number of hydrogen-bond acceptors (Lipinski definition) is 4. The SMILES string of the molecule is NC(=O)C1(O)CCCN(C(=O)c2cccnc2C(F)(F)F)C1. The van der Waals surface area contributed by atoms with Crippen LogP contribution >= 0.6 is 0 Å². The number of aromatic nitrogens is 1. The molecular formula is C13H14F3N3O3. The lowest BCUT2D eigenvalue weighted by Gasteiger charge is -2.37. The minimum atomic E-state index is -4.78. The zero-order valence-electron chi connectivity index (χ0n) is 11.4. The first-order valence-corrected chi connectivity index (χ1v) is 6.49. The highest BCUT2D eigenvalue weighted by Crippen LogP contribution is 2.31. The number of nitrogens with zero attached hydrogens (tertiary/aromatic N) is 2. The first-order chi connectivity index (χ1) is 10.1. The Labute approximate surface area is 123 Å². The maximum atomic E-state index is 12.9. The van der Waals surface area contributed by atoms with E-state index in [1.54, 1.807) is 0 Å². The summed E-state index contributed by atoms with van der Waals surface area (Å²) < 4.78 is 38.7. The van der Waals surface area contributed by atoms with Crippen LogP contribution in [0.2, 0.25) is 0 Å². The van der Waals surface area contributed by atoms with E-state index < -0.39 is 41.4 Å². The average molecular weight is 317 g/mol. The van der Waals surface area contributed by atoms with Gasteiger partial charge in [0, 0.05) is 12.7 Å². The fraction of sp³-hybridized carbons (Fsp3) is 0.462. The number of aliphatic hydroxyl groups is 1. The molecule has 0 spiro atoms. The molecule has 120 valence electrons. The smallest absolute Gasteiger partial charge is 0.378 e. The highest BCUT2D eigenvalue weighted by molar-refractivity contribution is 5.96. The number of carbonyl (C=O) groups is 2. The third kappa shape index (κ3) is 3.03. The Morgan fingerprint density at radius 2 is 2.09 bits per heavy atom. The molecule has 1 aliphatic rings. The van der Waals surface area contributed by atoms with E-state index in [0.29, 0.717) is 0 Å². The highest BCUT2D eigenvalue weighted by Gasteiger charge is 2.43. The maximum Gasteiger partial charge on any atom is 0.434 e. The molecule has 0 aliphatic carbocycles. The number of halogens is 3. The van der Waals surface area contributed by atoms with Gasteiger partial charge in [-0.2, -0.15) is 13.2 Å². The molecular weight excluding hydrogens is 303 g/mol. The Hall–Kier alpha value is -2.16. The monoisotopic (exact) mass is 317 g/mol. The van der Waals surface area contributed by atoms with Crippen LogP contribution in [0.1, 0.15) is 28.9 Å². The van der Waals surface area contributed by atoms with Crippen LogP contribution in [-0.4, -0.2) is 45.5 Å². The van der Waals surface area contributed by atoms with Gasteiger partial charge in [-0.05, 0) is 25.0 Å². The molecule has 1 aromatic rings. The summed E-state index contributed by atoms with van der Waals surface area (Å²) in [5.74, 6) is -1.95. The van der Waals surface area contributed by atoms with Crippen molar-refractivity contribution >= 4 is 11.8 Å². The van der Waals surface area contributed by atoms with E-state index in [1.807, 2.05) is 0 Å². The number of amides is 2. The van der Waals surface area contributed by atoms with Crippen molar-refractivity contribution in [1.29, 1.82) is 0 Å². The second-order valence-electron chi connectivity index (χ2n) is 5.12. The first kappa shape index (κ1) is 16.2. The van der Waals surface area contributed by atoms with Gasteiger partial charge in [-0.15, -0.1) is 0 Å². The zero-order chi connectivity index (χ0) is 16.5. The van der Waals surface area contributed by atoms with E-state index in [2.05, 4.69) is 4.98 Å². The highest BCUT2D eigenvalue weighted by atomic mass is 19.4. The number of pyridine rings is 1. The van der Waals surface area contributed by atoms with Gasteiger partial charge in [-0.1, -0.05) is 0 Å². The lowest BCUT2D eigenvalue weighted by molar-refractivity contribution is -0.143. The number of primary amides is 1. The van der Waals surface area contributed by atoms with E-state index in [0.717, 1.165) is 17.2 Å². The minimum Gasteiger partial charge on any atom is -0.378 e. The van der Waals surface area contributed by atoms with Gasteiger partial charge in [-0.3, -0.25) is 14.6 Å². The summed E-state index contributed by atoms with van der Waals surface area (Å²) in [6.45, 7) is -0.312. The molecule has 6 nitrogen and oxygen atoms in total. The molecule has 1 unspecified atom stereocenters. The quantitative estimate of drug-likeness (QED) is 0.832. The third-order valence-electron chi connectivity index (χ3n) is 3.52. The van der Waals surface area contributed by atoms with Gasteiger partial charge >= 0.3 is 6.18 Å². The molecule has 2 rings (SSSR count). The summed E-state index contributed by atoms with van der Waals surface area (Å²) in [6.07, 6.45) is -3.52. The molecule has 1 saturated heterocycles. The molecule has 2 heterocycles. The van der Waals surface area contributed by atoms with E-state index in [-0.39, 0.29) is 19.4 Å². The molecule has 0 aromatic carbocycles. The van der Waals surface area contributed by atoms with Crippen LogP contribution in [0.3, 0.4) is 0 Å². The Morgan fingerprint density at radius 1 is 1.41 bits per heavy atom.